The highest BCUT2D eigenvalue weighted by atomic mass is 79.9. The second-order valence-corrected chi connectivity index (χ2v) is 7.65. The van der Waals surface area contributed by atoms with Gasteiger partial charge in [0.25, 0.3) is 0 Å². The minimum atomic E-state index is -4.53. The molecule has 0 unspecified atom stereocenters. The number of sulfone groups is 1. The van der Waals surface area contributed by atoms with E-state index in [4.69, 9.17) is 0 Å². The Morgan fingerprint density at radius 1 is 1.20 bits per heavy atom. The molecule has 108 valence electrons. The molecule has 20 heavy (non-hydrogen) atoms. The molecule has 3 nitrogen and oxygen atoms in total. The van der Waals surface area contributed by atoms with E-state index >= 15 is 0 Å². The predicted molar refractivity (Wildman–Crippen MR) is 79.0 cm³/mol. The molecule has 2 rings (SSSR count). The molecular weight excluding hydrogens is 372 g/mol. The van der Waals surface area contributed by atoms with E-state index in [1.807, 2.05) is 11.4 Å². The smallest absolute Gasteiger partial charge is 0.341 e. The Balaban J connectivity index is 2.08. The number of rotatable bonds is 5. The standard InChI is InChI=1S/C12H10BrF2NO2S2/c13-10-5-6-19-11(10)7-16-8-1-3-9(4-2-8)20(17,18)12(14)15/h1-6,12,16H,7H2. The molecule has 0 aliphatic rings. The normalized spacial score (nSPS) is 11.8. The third-order valence-electron chi connectivity index (χ3n) is 2.56. The lowest BCUT2D eigenvalue weighted by molar-refractivity contribution is 0.234. The quantitative estimate of drug-likeness (QED) is 0.846. The first-order chi connectivity index (χ1) is 9.41. The Bertz CT molecular complexity index is 684. The number of thiophene rings is 1. The van der Waals surface area contributed by atoms with E-state index in [-0.39, 0.29) is 4.90 Å². The number of halogens is 3. The minimum absolute atomic E-state index is 0.379. The summed E-state index contributed by atoms with van der Waals surface area (Å²) in [5.41, 5.74) is 0.665. The topological polar surface area (TPSA) is 46.2 Å². The molecule has 0 aliphatic carbocycles. The highest BCUT2D eigenvalue weighted by molar-refractivity contribution is 9.10. The highest BCUT2D eigenvalue weighted by Crippen LogP contribution is 2.24. The van der Waals surface area contributed by atoms with Gasteiger partial charge in [0.2, 0.25) is 9.84 Å². The monoisotopic (exact) mass is 381 g/mol. The number of hydrogen-bond acceptors (Lipinski definition) is 4. The van der Waals surface area contributed by atoms with Crippen molar-refractivity contribution in [3.8, 4) is 0 Å². The van der Waals surface area contributed by atoms with Gasteiger partial charge in [-0.15, -0.1) is 11.3 Å². The molecule has 0 bridgehead atoms. The van der Waals surface area contributed by atoms with Gasteiger partial charge >= 0.3 is 5.76 Å². The van der Waals surface area contributed by atoms with E-state index < -0.39 is 15.6 Å². The molecule has 0 spiro atoms. The van der Waals surface area contributed by atoms with Crippen LogP contribution in [0, 0.1) is 0 Å². The third-order valence-corrected chi connectivity index (χ3v) is 5.89. The van der Waals surface area contributed by atoms with Crippen LogP contribution in [0.5, 0.6) is 0 Å². The molecule has 2 aromatic rings. The summed E-state index contributed by atoms with van der Waals surface area (Å²) < 4.78 is 48.2. The molecule has 1 heterocycles. The molecule has 1 aromatic heterocycles. The fourth-order valence-corrected chi connectivity index (χ4v) is 3.65. The number of hydrogen-bond donors (Lipinski definition) is 1. The summed E-state index contributed by atoms with van der Waals surface area (Å²) in [7, 11) is -4.53. The first-order valence-electron chi connectivity index (χ1n) is 5.49. The van der Waals surface area contributed by atoms with Gasteiger partial charge in [0.1, 0.15) is 0 Å². The van der Waals surface area contributed by atoms with Crippen molar-refractivity contribution in [3.05, 3.63) is 45.1 Å². The molecule has 0 saturated heterocycles. The van der Waals surface area contributed by atoms with Crippen molar-refractivity contribution in [3.63, 3.8) is 0 Å². The van der Waals surface area contributed by atoms with Gasteiger partial charge in [-0.25, -0.2) is 8.42 Å². The van der Waals surface area contributed by atoms with Crippen molar-refractivity contribution >= 4 is 42.8 Å². The maximum Gasteiger partial charge on any atom is 0.341 e. The largest absolute Gasteiger partial charge is 0.380 e. The van der Waals surface area contributed by atoms with Gasteiger partial charge in [-0.05, 0) is 51.6 Å². The van der Waals surface area contributed by atoms with Gasteiger partial charge in [-0.1, -0.05) is 0 Å². The van der Waals surface area contributed by atoms with Gasteiger partial charge in [-0.3, -0.25) is 0 Å². The van der Waals surface area contributed by atoms with Crippen LogP contribution in [0.25, 0.3) is 0 Å². The molecule has 0 radical (unpaired) electrons. The van der Waals surface area contributed by atoms with Gasteiger partial charge in [0.05, 0.1) is 11.4 Å². The van der Waals surface area contributed by atoms with Crippen molar-refractivity contribution in [2.24, 2.45) is 0 Å². The van der Waals surface area contributed by atoms with Crippen LogP contribution in [0.1, 0.15) is 4.88 Å². The van der Waals surface area contributed by atoms with E-state index in [2.05, 4.69) is 21.2 Å². The fraction of sp³-hybridized carbons (Fsp3) is 0.167. The van der Waals surface area contributed by atoms with Crippen LogP contribution in [0.2, 0.25) is 0 Å². The number of alkyl halides is 2. The van der Waals surface area contributed by atoms with Crippen molar-refractivity contribution in [1.82, 2.24) is 0 Å². The van der Waals surface area contributed by atoms with E-state index in [1.54, 1.807) is 11.3 Å². The summed E-state index contributed by atoms with van der Waals surface area (Å²) in [5, 5.41) is 5.04. The SMILES string of the molecule is O=S(=O)(c1ccc(NCc2sccc2Br)cc1)C(F)F. The van der Waals surface area contributed by atoms with Crippen LogP contribution in [0.15, 0.2) is 45.1 Å². The molecule has 1 aromatic carbocycles. The second-order valence-electron chi connectivity index (χ2n) is 3.88. The predicted octanol–water partition coefficient (Wildman–Crippen LogP) is 4.12. The first-order valence-corrected chi connectivity index (χ1v) is 8.71. The average Bonchev–Trinajstić information content (AvgIpc) is 2.82. The van der Waals surface area contributed by atoms with E-state index in [0.717, 1.165) is 9.35 Å². The number of benzene rings is 1. The van der Waals surface area contributed by atoms with Gasteiger partial charge < -0.3 is 5.32 Å². The Labute approximate surface area is 127 Å². The lowest BCUT2D eigenvalue weighted by Crippen LogP contribution is -2.11. The zero-order valence-electron chi connectivity index (χ0n) is 10.0. The fourth-order valence-electron chi connectivity index (χ4n) is 1.50. The van der Waals surface area contributed by atoms with Crippen molar-refractivity contribution in [2.75, 3.05) is 5.32 Å². The van der Waals surface area contributed by atoms with Gasteiger partial charge in [0, 0.05) is 15.0 Å². The lowest BCUT2D eigenvalue weighted by Gasteiger charge is -2.07. The van der Waals surface area contributed by atoms with Gasteiger partial charge in [-0.2, -0.15) is 8.78 Å². The molecule has 0 atom stereocenters. The average molecular weight is 382 g/mol. The molecular formula is C12H10BrF2NO2S2. The molecule has 0 saturated carbocycles. The summed E-state index contributed by atoms with van der Waals surface area (Å²) in [5.74, 6) is -3.40. The van der Waals surface area contributed by atoms with Crippen LogP contribution in [0.4, 0.5) is 14.5 Å². The molecule has 0 aliphatic heterocycles. The molecule has 0 amide bonds. The Kier molecular flexibility index (Phi) is 4.77. The molecule has 1 N–H and O–H groups in total. The minimum Gasteiger partial charge on any atom is -0.380 e. The van der Waals surface area contributed by atoms with Crippen LogP contribution in [0.3, 0.4) is 0 Å². The Morgan fingerprint density at radius 3 is 2.35 bits per heavy atom. The molecule has 8 heteroatoms. The summed E-state index contributed by atoms with van der Waals surface area (Å²) >= 11 is 4.98. The Morgan fingerprint density at radius 2 is 1.85 bits per heavy atom. The van der Waals surface area contributed by atoms with Crippen LogP contribution in [-0.4, -0.2) is 14.2 Å². The maximum atomic E-state index is 12.4. The van der Waals surface area contributed by atoms with Crippen LogP contribution >= 0.6 is 27.3 Å². The number of anilines is 1. The second kappa shape index (κ2) is 6.19. The lowest BCUT2D eigenvalue weighted by atomic mass is 10.3. The summed E-state index contributed by atoms with van der Waals surface area (Å²) in [6.07, 6.45) is 0. The first kappa shape index (κ1) is 15.4. The van der Waals surface area contributed by atoms with E-state index in [0.29, 0.717) is 12.2 Å². The highest BCUT2D eigenvalue weighted by Gasteiger charge is 2.26. The summed E-state index contributed by atoms with van der Waals surface area (Å²) in [6, 6.07) is 7.22. The third kappa shape index (κ3) is 3.36. The number of nitrogens with one attached hydrogen (secondary N) is 1. The maximum absolute atomic E-state index is 12.4. The van der Waals surface area contributed by atoms with Crippen LogP contribution < -0.4 is 5.32 Å². The van der Waals surface area contributed by atoms with Crippen molar-refractivity contribution < 1.29 is 17.2 Å². The zero-order valence-corrected chi connectivity index (χ0v) is 13.2. The van der Waals surface area contributed by atoms with Crippen molar-refractivity contribution in [2.45, 2.75) is 17.2 Å². The molecule has 0 fully saturated rings. The summed E-state index contributed by atoms with van der Waals surface area (Å²) in [6.45, 7) is 0.569. The van der Waals surface area contributed by atoms with E-state index in [9.17, 15) is 17.2 Å². The van der Waals surface area contributed by atoms with Gasteiger partial charge in [0.15, 0.2) is 0 Å². The van der Waals surface area contributed by atoms with Crippen molar-refractivity contribution in [1.29, 1.82) is 0 Å². The Hall–Kier alpha value is -0.990. The van der Waals surface area contributed by atoms with Crippen LogP contribution in [-0.2, 0) is 16.4 Å². The zero-order chi connectivity index (χ0) is 14.8. The van der Waals surface area contributed by atoms with E-state index in [1.165, 1.54) is 24.3 Å². The summed E-state index contributed by atoms with van der Waals surface area (Å²) in [4.78, 5) is 0.713.